The van der Waals surface area contributed by atoms with E-state index in [1.54, 1.807) is 0 Å². The normalized spacial score (nSPS) is 11.6. The molecule has 0 aliphatic heterocycles. The summed E-state index contributed by atoms with van der Waals surface area (Å²) in [6.07, 6.45) is 0. The summed E-state index contributed by atoms with van der Waals surface area (Å²) in [6.45, 7) is 0. The fourth-order valence-electron chi connectivity index (χ4n) is 8.23. The van der Waals surface area contributed by atoms with Gasteiger partial charge in [0, 0.05) is 27.5 Å². The van der Waals surface area contributed by atoms with E-state index >= 15 is 0 Å². The van der Waals surface area contributed by atoms with Crippen LogP contribution >= 0.6 is 0 Å². The molecule has 0 radical (unpaired) electrons. The number of benzene rings is 9. The summed E-state index contributed by atoms with van der Waals surface area (Å²) in [5.41, 5.74) is 11.1. The second kappa shape index (κ2) is 12.6. The predicted molar refractivity (Wildman–Crippen MR) is 229 cm³/mol. The Morgan fingerprint density at radius 1 is 0.309 bits per heavy atom. The first-order chi connectivity index (χ1) is 27.2. The second-order valence-corrected chi connectivity index (χ2v) is 14.1. The Hall–Kier alpha value is -7.36. The van der Waals surface area contributed by atoms with E-state index in [2.05, 4.69) is 176 Å². The van der Waals surface area contributed by atoms with E-state index in [1.165, 1.54) is 27.1 Å². The summed E-state index contributed by atoms with van der Waals surface area (Å²) in [7, 11) is 0. The first-order valence-electron chi connectivity index (χ1n) is 18.6. The van der Waals surface area contributed by atoms with Gasteiger partial charge < -0.3 is 4.42 Å². The molecule has 2 aromatic heterocycles. The van der Waals surface area contributed by atoms with Crippen molar-refractivity contribution in [2.45, 2.75) is 0 Å². The van der Waals surface area contributed by atoms with Crippen molar-refractivity contribution in [3.8, 4) is 56.2 Å². The summed E-state index contributed by atoms with van der Waals surface area (Å²) < 4.78 is 6.34. The first kappa shape index (κ1) is 31.2. The monoisotopic (exact) mass is 700 g/mol. The predicted octanol–water partition coefficient (Wildman–Crippen LogP) is 14.2. The first-order valence-corrected chi connectivity index (χ1v) is 18.6. The summed E-state index contributed by atoms with van der Waals surface area (Å²) in [4.78, 5) is 10.8. The van der Waals surface area contributed by atoms with E-state index in [4.69, 9.17) is 14.4 Å². The smallest absolute Gasteiger partial charge is 0.160 e. The van der Waals surface area contributed by atoms with Crippen molar-refractivity contribution in [1.29, 1.82) is 0 Å². The highest BCUT2D eigenvalue weighted by atomic mass is 16.3. The molecule has 0 saturated heterocycles. The van der Waals surface area contributed by atoms with Crippen LogP contribution in [0.1, 0.15) is 0 Å². The van der Waals surface area contributed by atoms with Crippen LogP contribution in [0.4, 0.5) is 0 Å². The molecule has 0 aliphatic carbocycles. The van der Waals surface area contributed by atoms with E-state index in [-0.39, 0.29) is 0 Å². The van der Waals surface area contributed by atoms with Crippen LogP contribution in [0.3, 0.4) is 0 Å². The minimum atomic E-state index is 0.677. The molecule has 11 rings (SSSR count). The fraction of sp³-hybridized carbons (Fsp3) is 0. The fourth-order valence-corrected chi connectivity index (χ4v) is 8.23. The Kier molecular flexibility index (Phi) is 7.17. The van der Waals surface area contributed by atoms with Crippen LogP contribution < -0.4 is 0 Å². The number of furan rings is 1. The van der Waals surface area contributed by atoms with Crippen molar-refractivity contribution in [1.82, 2.24) is 9.97 Å². The largest absolute Gasteiger partial charge is 0.456 e. The lowest BCUT2D eigenvalue weighted by Gasteiger charge is -2.16. The average molecular weight is 701 g/mol. The third-order valence-corrected chi connectivity index (χ3v) is 10.9. The SMILES string of the molecule is c1ccc(-c2ccc(-c3nc(-c4ccccc4-c4ccc5c(c4)oc4ccccc45)cc(-c4c5ccccc5cc5c4ccc4ccccc45)n3)cc2)cc1. The number of hydrogen-bond donors (Lipinski definition) is 0. The van der Waals surface area contributed by atoms with Crippen LogP contribution in [-0.2, 0) is 0 Å². The molecule has 0 fully saturated rings. The van der Waals surface area contributed by atoms with E-state index in [9.17, 15) is 0 Å². The standard InChI is InChI=1S/C52H32N2O/c1-2-12-33(13-3-1)34-22-24-36(25-23-34)52-53-47(42-19-9-8-17-40(42)38-27-28-44-43-20-10-11-21-49(43)55-50(44)31-38)32-48(54-52)51-41-18-7-5-15-37(41)30-46-39-16-6-4-14-35(39)26-29-45(46)51/h1-32H. The molecule has 0 N–H and O–H groups in total. The van der Waals surface area contributed by atoms with Crippen LogP contribution in [0, 0.1) is 0 Å². The molecule has 0 atom stereocenters. The molecule has 11 aromatic rings. The maximum Gasteiger partial charge on any atom is 0.160 e. The van der Waals surface area contributed by atoms with Crippen molar-refractivity contribution in [3.63, 3.8) is 0 Å². The molecule has 0 saturated carbocycles. The minimum Gasteiger partial charge on any atom is -0.456 e. The lowest BCUT2D eigenvalue weighted by atomic mass is 9.90. The highest BCUT2D eigenvalue weighted by molar-refractivity contribution is 6.20. The number of aromatic nitrogens is 2. The van der Waals surface area contributed by atoms with Gasteiger partial charge in [-0.2, -0.15) is 0 Å². The summed E-state index contributed by atoms with van der Waals surface area (Å²) >= 11 is 0. The Bertz CT molecular complexity index is 3250. The van der Waals surface area contributed by atoms with Crippen LogP contribution in [-0.4, -0.2) is 9.97 Å². The van der Waals surface area contributed by atoms with Gasteiger partial charge in [-0.25, -0.2) is 9.97 Å². The van der Waals surface area contributed by atoms with Gasteiger partial charge in [0.25, 0.3) is 0 Å². The maximum absolute atomic E-state index is 6.34. The summed E-state index contributed by atoms with van der Waals surface area (Å²) in [5.74, 6) is 0.677. The molecular weight excluding hydrogens is 669 g/mol. The van der Waals surface area contributed by atoms with Gasteiger partial charge in [0.15, 0.2) is 5.82 Å². The molecule has 55 heavy (non-hydrogen) atoms. The zero-order valence-electron chi connectivity index (χ0n) is 29.8. The molecule has 256 valence electrons. The molecule has 0 spiro atoms. The van der Waals surface area contributed by atoms with Crippen molar-refractivity contribution in [2.75, 3.05) is 0 Å². The molecule has 3 nitrogen and oxygen atoms in total. The van der Waals surface area contributed by atoms with Crippen molar-refractivity contribution < 1.29 is 4.42 Å². The number of para-hydroxylation sites is 1. The van der Waals surface area contributed by atoms with Crippen LogP contribution in [0.25, 0.3) is 110 Å². The van der Waals surface area contributed by atoms with Crippen molar-refractivity contribution >= 4 is 54.3 Å². The third kappa shape index (κ3) is 5.28. The number of fused-ring (bicyclic) bond motifs is 7. The summed E-state index contributed by atoms with van der Waals surface area (Å²) in [5, 5.41) is 9.38. The highest BCUT2D eigenvalue weighted by Gasteiger charge is 2.19. The molecule has 3 heteroatoms. The highest BCUT2D eigenvalue weighted by Crippen LogP contribution is 2.42. The van der Waals surface area contributed by atoms with Gasteiger partial charge in [-0.3, -0.25) is 0 Å². The molecule has 0 amide bonds. The zero-order valence-corrected chi connectivity index (χ0v) is 29.8. The quantitative estimate of drug-likeness (QED) is 0.133. The third-order valence-electron chi connectivity index (χ3n) is 10.9. The van der Waals surface area contributed by atoms with Crippen LogP contribution in [0.15, 0.2) is 199 Å². The van der Waals surface area contributed by atoms with Gasteiger partial charge in [-0.15, -0.1) is 0 Å². The van der Waals surface area contributed by atoms with Gasteiger partial charge in [0.1, 0.15) is 11.2 Å². The summed E-state index contributed by atoms with van der Waals surface area (Å²) in [6, 6.07) is 68.6. The maximum atomic E-state index is 6.34. The molecule has 9 aromatic carbocycles. The Morgan fingerprint density at radius 2 is 0.909 bits per heavy atom. The lowest BCUT2D eigenvalue weighted by Crippen LogP contribution is -1.98. The molecule has 0 bridgehead atoms. The Morgan fingerprint density at radius 3 is 1.76 bits per heavy atom. The van der Waals surface area contributed by atoms with Gasteiger partial charge in [-0.05, 0) is 84.9 Å². The number of rotatable bonds is 5. The van der Waals surface area contributed by atoms with E-state index in [0.717, 1.165) is 77.5 Å². The lowest BCUT2D eigenvalue weighted by molar-refractivity contribution is 0.669. The van der Waals surface area contributed by atoms with Crippen molar-refractivity contribution in [3.05, 3.63) is 194 Å². The van der Waals surface area contributed by atoms with E-state index < -0.39 is 0 Å². The van der Waals surface area contributed by atoms with Gasteiger partial charge in [0.2, 0.25) is 0 Å². The van der Waals surface area contributed by atoms with Crippen molar-refractivity contribution in [2.24, 2.45) is 0 Å². The minimum absolute atomic E-state index is 0.677. The Balaban J connectivity index is 1.16. The van der Waals surface area contributed by atoms with Gasteiger partial charge in [-0.1, -0.05) is 164 Å². The van der Waals surface area contributed by atoms with Gasteiger partial charge >= 0.3 is 0 Å². The number of nitrogens with zero attached hydrogens (tertiary/aromatic N) is 2. The van der Waals surface area contributed by atoms with Crippen LogP contribution in [0.5, 0.6) is 0 Å². The molecule has 2 heterocycles. The zero-order chi connectivity index (χ0) is 36.3. The second-order valence-electron chi connectivity index (χ2n) is 14.1. The van der Waals surface area contributed by atoms with Gasteiger partial charge in [0.05, 0.1) is 11.4 Å². The molecular formula is C52H32N2O. The van der Waals surface area contributed by atoms with Crippen LogP contribution in [0.2, 0.25) is 0 Å². The van der Waals surface area contributed by atoms with E-state index in [0.29, 0.717) is 5.82 Å². The molecule has 0 unspecified atom stereocenters. The molecule has 0 aliphatic rings. The topological polar surface area (TPSA) is 38.9 Å². The van der Waals surface area contributed by atoms with E-state index in [1.807, 2.05) is 18.2 Å². The average Bonchev–Trinajstić information content (AvgIpc) is 3.64. The Labute approximate surface area is 317 Å². The number of hydrogen-bond acceptors (Lipinski definition) is 3.